The van der Waals surface area contributed by atoms with Crippen LogP contribution >= 0.6 is 11.8 Å². The van der Waals surface area contributed by atoms with Crippen LogP contribution in [0.1, 0.15) is 44.7 Å². The van der Waals surface area contributed by atoms with Crippen molar-refractivity contribution in [2.45, 2.75) is 57.4 Å². The number of aryl methyl sites for hydroxylation is 2. The quantitative estimate of drug-likeness (QED) is 0.824. The highest BCUT2D eigenvalue weighted by Gasteiger charge is 2.19. The van der Waals surface area contributed by atoms with E-state index in [4.69, 9.17) is 4.42 Å². The Kier molecular flexibility index (Phi) is 5.19. The summed E-state index contributed by atoms with van der Waals surface area (Å²) in [6.45, 7) is 12.1. The first-order valence-electron chi connectivity index (χ1n) is 7.69. The van der Waals surface area contributed by atoms with Crippen molar-refractivity contribution in [1.29, 1.82) is 0 Å². The second-order valence-corrected chi connectivity index (χ2v) is 7.99. The molecule has 5 heteroatoms. The molecule has 1 unspecified atom stereocenters. The first-order chi connectivity index (χ1) is 10.7. The molecule has 0 radical (unpaired) electrons. The minimum Gasteiger partial charge on any atom is -0.437 e. The van der Waals surface area contributed by atoms with Gasteiger partial charge in [0.2, 0.25) is 5.91 Å². The van der Waals surface area contributed by atoms with Crippen LogP contribution in [-0.2, 0) is 10.2 Å². The predicted molar refractivity (Wildman–Crippen MR) is 95.1 cm³/mol. The number of aromatic nitrogens is 1. The monoisotopic (exact) mass is 332 g/mol. The summed E-state index contributed by atoms with van der Waals surface area (Å²) >= 11 is 1.32. The highest BCUT2D eigenvalue weighted by atomic mass is 32.2. The molecule has 1 N–H and O–H groups in total. The average molecular weight is 332 g/mol. The first kappa shape index (κ1) is 17.6. The lowest BCUT2D eigenvalue weighted by molar-refractivity contribution is -0.115. The van der Waals surface area contributed by atoms with Crippen molar-refractivity contribution in [3.63, 3.8) is 0 Å². The zero-order valence-electron chi connectivity index (χ0n) is 14.6. The fourth-order valence-corrected chi connectivity index (χ4v) is 2.83. The highest BCUT2D eigenvalue weighted by Crippen LogP contribution is 2.26. The van der Waals surface area contributed by atoms with Crippen molar-refractivity contribution in [2.24, 2.45) is 0 Å². The molecular weight excluding hydrogens is 308 g/mol. The standard InChI is InChI=1S/C18H24N2O2S/c1-11-12(2)22-17(19-11)23-13(3)16(21)20-15-9-7-14(8-10-15)18(4,5)6/h7-10,13H,1-6H3,(H,20,21). The minimum absolute atomic E-state index is 0.0629. The molecule has 23 heavy (non-hydrogen) atoms. The van der Waals surface area contributed by atoms with E-state index in [2.05, 4.69) is 31.1 Å². The van der Waals surface area contributed by atoms with Gasteiger partial charge in [-0.05, 0) is 43.9 Å². The average Bonchev–Trinajstić information content (AvgIpc) is 2.76. The number of oxazole rings is 1. The Morgan fingerprint density at radius 1 is 1.22 bits per heavy atom. The number of amides is 1. The van der Waals surface area contributed by atoms with E-state index in [1.807, 2.05) is 45.0 Å². The Hall–Kier alpha value is -1.75. The topological polar surface area (TPSA) is 55.1 Å². The maximum absolute atomic E-state index is 12.3. The molecule has 0 aliphatic heterocycles. The van der Waals surface area contributed by atoms with Gasteiger partial charge < -0.3 is 9.73 Å². The summed E-state index contributed by atoms with van der Waals surface area (Å²) in [7, 11) is 0. The Labute approximate surface area is 142 Å². The van der Waals surface area contributed by atoms with Gasteiger partial charge in [-0.2, -0.15) is 0 Å². The van der Waals surface area contributed by atoms with Crippen LogP contribution in [0.15, 0.2) is 33.9 Å². The van der Waals surface area contributed by atoms with E-state index >= 15 is 0 Å². The van der Waals surface area contributed by atoms with Crippen LogP contribution in [0.25, 0.3) is 0 Å². The number of thioether (sulfide) groups is 1. The van der Waals surface area contributed by atoms with Crippen LogP contribution in [0.3, 0.4) is 0 Å². The number of nitrogens with one attached hydrogen (secondary N) is 1. The highest BCUT2D eigenvalue weighted by molar-refractivity contribution is 8.00. The fourth-order valence-electron chi connectivity index (χ4n) is 2.00. The van der Waals surface area contributed by atoms with Crippen LogP contribution in [-0.4, -0.2) is 16.1 Å². The summed E-state index contributed by atoms with van der Waals surface area (Å²) in [5.74, 6) is 0.727. The summed E-state index contributed by atoms with van der Waals surface area (Å²) in [6, 6.07) is 7.98. The molecule has 1 heterocycles. The van der Waals surface area contributed by atoms with Gasteiger partial charge in [-0.25, -0.2) is 4.98 Å². The van der Waals surface area contributed by atoms with Gasteiger partial charge in [0, 0.05) is 5.69 Å². The number of carbonyl (C=O) groups excluding carboxylic acids is 1. The number of anilines is 1. The van der Waals surface area contributed by atoms with Crippen LogP contribution in [0.4, 0.5) is 5.69 Å². The molecule has 0 spiro atoms. The van der Waals surface area contributed by atoms with Gasteiger partial charge >= 0.3 is 0 Å². The van der Waals surface area contributed by atoms with Crippen molar-refractivity contribution in [3.05, 3.63) is 41.3 Å². The molecule has 0 aliphatic rings. The van der Waals surface area contributed by atoms with Crippen molar-refractivity contribution in [3.8, 4) is 0 Å². The van der Waals surface area contributed by atoms with E-state index < -0.39 is 0 Å². The summed E-state index contributed by atoms with van der Waals surface area (Å²) in [4.78, 5) is 16.6. The SMILES string of the molecule is Cc1nc(SC(C)C(=O)Nc2ccc(C(C)(C)C)cc2)oc1C. The van der Waals surface area contributed by atoms with E-state index in [-0.39, 0.29) is 16.6 Å². The lowest BCUT2D eigenvalue weighted by atomic mass is 9.87. The number of hydrogen-bond acceptors (Lipinski definition) is 4. The van der Waals surface area contributed by atoms with Crippen LogP contribution in [0, 0.1) is 13.8 Å². The van der Waals surface area contributed by atoms with Gasteiger partial charge in [0.25, 0.3) is 5.22 Å². The summed E-state index contributed by atoms with van der Waals surface area (Å²) in [5, 5.41) is 3.18. The number of benzene rings is 1. The summed E-state index contributed by atoms with van der Waals surface area (Å²) < 4.78 is 5.51. The van der Waals surface area contributed by atoms with E-state index in [1.165, 1.54) is 17.3 Å². The van der Waals surface area contributed by atoms with Gasteiger partial charge in [-0.3, -0.25) is 4.79 Å². The Bertz CT molecular complexity index is 665. The molecule has 2 rings (SSSR count). The van der Waals surface area contributed by atoms with E-state index in [0.717, 1.165) is 17.1 Å². The zero-order chi connectivity index (χ0) is 17.2. The molecule has 1 aromatic heterocycles. The maximum atomic E-state index is 12.3. The third-order valence-corrected chi connectivity index (χ3v) is 4.62. The molecule has 0 aliphatic carbocycles. The van der Waals surface area contributed by atoms with Crippen LogP contribution in [0.2, 0.25) is 0 Å². The molecule has 1 aromatic carbocycles. The lowest BCUT2D eigenvalue weighted by Gasteiger charge is -2.19. The van der Waals surface area contributed by atoms with Gasteiger partial charge in [0.05, 0.1) is 10.9 Å². The van der Waals surface area contributed by atoms with Gasteiger partial charge in [-0.15, -0.1) is 0 Å². The second-order valence-electron chi connectivity index (χ2n) is 6.70. The molecule has 1 atom stereocenters. The molecule has 0 saturated carbocycles. The second kappa shape index (κ2) is 6.79. The van der Waals surface area contributed by atoms with E-state index in [9.17, 15) is 4.79 Å². The van der Waals surface area contributed by atoms with Crippen molar-refractivity contribution in [2.75, 3.05) is 5.32 Å². The first-order valence-corrected chi connectivity index (χ1v) is 8.57. The van der Waals surface area contributed by atoms with Gasteiger partial charge in [-0.1, -0.05) is 44.7 Å². The fraction of sp³-hybridized carbons (Fsp3) is 0.444. The Morgan fingerprint density at radius 3 is 2.30 bits per heavy atom. The van der Waals surface area contributed by atoms with Crippen molar-refractivity contribution < 1.29 is 9.21 Å². The molecule has 124 valence electrons. The number of rotatable bonds is 4. The minimum atomic E-state index is -0.283. The molecule has 0 fully saturated rings. The van der Waals surface area contributed by atoms with Crippen LogP contribution < -0.4 is 5.32 Å². The molecule has 0 saturated heterocycles. The number of hydrogen-bond donors (Lipinski definition) is 1. The van der Waals surface area contributed by atoms with E-state index in [1.54, 1.807) is 0 Å². The normalized spacial score (nSPS) is 13.0. The zero-order valence-corrected chi connectivity index (χ0v) is 15.4. The molecule has 1 amide bonds. The summed E-state index contributed by atoms with van der Waals surface area (Å²) in [5.41, 5.74) is 3.00. The Morgan fingerprint density at radius 2 is 1.83 bits per heavy atom. The maximum Gasteiger partial charge on any atom is 0.256 e. The van der Waals surface area contributed by atoms with Crippen LogP contribution in [0.5, 0.6) is 0 Å². The lowest BCUT2D eigenvalue weighted by Crippen LogP contribution is -2.22. The third-order valence-electron chi connectivity index (χ3n) is 3.67. The molecule has 4 nitrogen and oxygen atoms in total. The smallest absolute Gasteiger partial charge is 0.256 e. The van der Waals surface area contributed by atoms with Gasteiger partial charge in [0.1, 0.15) is 5.76 Å². The molecular formula is C18H24N2O2S. The van der Waals surface area contributed by atoms with Gasteiger partial charge in [0.15, 0.2) is 0 Å². The molecule has 0 bridgehead atoms. The third kappa shape index (κ3) is 4.61. The molecule has 2 aromatic rings. The number of nitrogens with zero attached hydrogens (tertiary/aromatic N) is 1. The van der Waals surface area contributed by atoms with E-state index in [0.29, 0.717) is 5.22 Å². The summed E-state index contributed by atoms with van der Waals surface area (Å²) in [6.07, 6.45) is 0. The van der Waals surface area contributed by atoms with Crippen molar-refractivity contribution >= 4 is 23.4 Å². The predicted octanol–water partition coefficient (Wildman–Crippen LogP) is 4.71. The largest absolute Gasteiger partial charge is 0.437 e. The number of carbonyl (C=O) groups is 1. The Balaban J connectivity index is 1.98. The van der Waals surface area contributed by atoms with Crippen molar-refractivity contribution in [1.82, 2.24) is 4.98 Å².